The standard InChI is InChI=1S/C23H23N/c1-23(2,18-19-12-6-3-7-13-19)24-22(20-14-8-4-9-15-20)21-16-10-5-11-17-21/h3-17H,18H2,1-2H3/i24+1. The highest BCUT2D eigenvalue weighted by Crippen LogP contribution is 2.21. The lowest BCUT2D eigenvalue weighted by Gasteiger charge is -2.22. The van der Waals surface area contributed by atoms with Crippen LogP contribution < -0.4 is 0 Å². The summed E-state index contributed by atoms with van der Waals surface area (Å²) in [6.45, 7) is 4.40. The third-order valence-corrected chi connectivity index (χ3v) is 3.99. The number of hydrogen-bond donors (Lipinski definition) is 0. The Kier molecular flexibility index (Phi) is 4.90. The molecule has 0 heterocycles. The molecule has 120 valence electrons. The summed E-state index contributed by atoms with van der Waals surface area (Å²) in [7, 11) is 0. The lowest BCUT2D eigenvalue weighted by molar-refractivity contribution is 0.521. The van der Waals surface area contributed by atoms with Gasteiger partial charge in [-0.05, 0) is 25.8 Å². The van der Waals surface area contributed by atoms with E-state index in [0.717, 1.165) is 23.3 Å². The molecule has 0 radical (unpaired) electrons. The normalized spacial score (nSPS) is 11.1. The van der Waals surface area contributed by atoms with Gasteiger partial charge in [-0.2, -0.15) is 0 Å². The van der Waals surface area contributed by atoms with Crippen LogP contribution in [0, 0.1) is 0 Å². The van der Waals surface area contributed by atoms with Crippen molar-refractivity contribution in [2.75, 3.05) is 0 Å². The molecule has 0 bridgehead atoms. The van der Waals surface area contributed by atoms with E-state index >= 15 is 0 Å². The van der Waals surface area contributed by atoms with Crippen LogP contribution in [-0.4, -0.2) is 11.3 Å². The fraction of sp³-hybridized carbons (Fsp3) is 0.174. The summed E-state index contributed by atoms with van der Waals surface area (Å²) < 4.78 is 0. The van der Waals surface area contributed by atoms with Crippen LogP contribution in [0.15, 0.2) is 96.0 Å². The molecule has 0 spiro atoms. The highest BCUT2D eigenvalue weighted by atomic mass is 15.6. The number of hydrogen-bond acceptors (Lipinski definition) is 1. The smallest absolute Gasteiger partial charge is 0.0725 e. The number of benzene rings is 3. The van der Waals surface area contributed by atoms with E-state index < -0.39 is 0 Å². The van der Waals surface area contributed by atoms with Crippen molar-refractivity contribution < 1.29 is 0 Å². The number of aliphatic imine (C=N–C) groups is 1. The van der Waals surface area contributed by atoms with E-state index in [1.165, 1.54) is 5.56 Å². The zero-order valence-electron chi connectivity index (χ0n) is 14.3. The summed E-state index contributed by atoms with van der Waals surface area (Å²) >= 11 is 0. The van der Waals surface area contributed by atoms with Crippen LogP contribution in [0.1, 0.15) is 30.5 Å². The highest BCUT2D eigenvalue weighted by Gasteiger charge is 2.19. The zero-order valence-corrected chi connectivity index (χ0v) is 14.3. The first-order chi connectivity index (χ1) is 11.6. The van der Waals surface area contributed by atoms with Gasteiger partial charge in [-0.25, -0.2) is 0 Å². The SMILES string of the molecule is CC(C)(Cc1ccccc1)[15N]=C(c1ccccc1)c1ccccc1. The van der Waals surface area contributed by atoms with Crippen molar-refractivity contribution in [3.8, 4) is 0 Å². The third-order valence-electron chi connectivity index (χ3n) is 3.99. The van der Waals surface area contributed by atoms with Gasteiger partial charge in [0.15, 0.2) is 0 Å². The molecule has 0 amide bonds. The van der Waals surface area contributed by atoms with Crippen LogP contribution in [0.25, 0.3) is 0 Å². The van der Waals surface area contributed by atoms with Crippen LogP contribution in [-0.2, 0) is 6.42 Å². The van der Waals surface area contributed by atoms with Crippen molar-refractivity contribution in [1.29, 1.82) is 0 Å². The largest absolute Gasteiger partial charge is 0.278 e. The van der Waals surface area contributed by atoms with Crippen LogP contribution in [0.3, 0.4) is 0 Å². The molecule has 1 heteroatoms. The van der Waals surface area contributed by atoms with E-state index in [0.29, 0.717) is 0 Å². The minimum Gasteiger partial charge on any atom is -0.278 e. The Bertz CT molecular complexity index is 746. The Labute approximate surface area is 144 Å². The maximum atomic E-state index is 5.16. The van der Waals surface area contributed by atoms with Crippen molar-refractivity contribution in [2.45, 2.75) is 25.8 Å². The van der Waals surface area contributed by atoms with E-state index in [2.05, 4.69) is 92.7 Å². The van der Waals surface area contributed by atoms with Crippen LogP contribution in [0.5, 0.6) is 0 Å². The molecule has 0 N–H and O–H groups in total. The molecule has 3 rings (SSSR count). The monoisotopic (exact) mass is 314 g/mol. The van der Waals surface area contributed by atoms with Gasteiger partial charge in [0.05, 0.1) is 11.3 Å². The first kappa shape index (κ1) is 16.2. The highest BCUT2D eigenvalue weighted by molar-refractivity contribution is 6.13. The minimum atomic E-state index is -0.178. The summed E-state index contributed by atoms with van der Waals surface area (Å²) in [4.78, 5) is 5.16. The first-order valence-corrected chi connectivity index (χ1v) is 8.39. The summed E-state index contributed by atoms with van der Waals surface area (Å²) in [6.07, 6.45) is 0.914. The van der Waals surface area contributed by atoms with Gasteiger partial charge in [-0.3, -0.25) is 4.99 Å². The summed E-state index contributed by atoms with van der Waals surface area (Å²) in [5, 5.41) is 0. The minimum absolute atomic E-state index is 0.178. The van der Waals surface area contributed by atoms with Crippen molar-refractivity contribution in [3.05, 3.63) is 108 Å². The van der Waals surface area contributed by atoms with Crippen LogP contribution >= 0.6 is 0 Å². The Morgan fingerprint density at radius 2 is 1.08 bits per heavy atom. The maximum Gasteiger partial charge on any atom is 0.0725 e. The summed E-state index contributed by atoms with van der Waals surface area (Å²) in [6, 6.07) is 31.4. The van der Waals surface area contributed by atoms with Gasteiger partial charge in [0.1, 0.15) is 0 Å². The molecule has 0 atom stereocenters. The maximum absolute atomic E-state index is 5.16. The van der Waals surface area contributed by atoms with Crippen molar-refractivity contribution in [3.63, 3.8) is 0 Å². The summed E-state index contributed by atoms with van der Waals surface area (Å²) in [5.74, 6) is 0. The lowest BCUT2D eigenvalue weighted by Crippen LogP contribution is -2.23. The van der Waals surface area contributed by atoms with Gasteiger partial charge in [0.2, 0.25) is 0 Å². The predicted molar refractivity (Wildman–Crippen MR) is 103 cm³/mol. The van der Waals surface area contributed by atoms with E-state index in [1.807, 2.05) is 12.1 Å². The van der Waals surface area contributed by atoms with Gasteiger partial charge in [0, 0.05) is 11.1 Å². The second kappa shape index (κ2) is 7.27. The molecule has 24 heavy (non-hydrogen) atoms. The van der Waals surface area contributed by atoms with E-state index in [9.17, 15) is 0 Å². The molecule has 1 nitrogen and oxygen atoms in total. The molecule has 0 aliphatic carbocycles. The Morgan fingerprint density at radius 1 is 0.667 bits per heavy atom. The van der Waals surface area contributed by atoms with E-state index in [-0.39, 0.29) is 5.54 Å². The lowest BCUT2D eigenvalue weighted by atomic mass is 9.96. The number of nitrogens with zero attached hydrogens (tertiary/aromatic N) is 1. The fourth-order valence-electron chi connectivity index (χ4n) is 2.93. The Balaban J connectivity index is 2.00. The Morgan fingerprint density at radius 3 is 1.54 bits per heavy atom. The van der Waals surface area contributed by atoms with Crippen molar-refractivity contribution in [1.82, 2.24) is 0 Å². The van der Waals surface area contributed by atoms with Crippen molar-refractivity contribution >= 4 is 5.71 Å². The van der Waals surface area contributed by atoms with E-state index in [4.69, 9.17) is 4.99 Å². The average Bonchev–Trinajstić information content (AvgIpc) is 2.62. The van der Waals surface area contributed by atoms with Gasteiger partial charge in [-0.1, -0.05) is 91.0 Å². The fourth-order valence-corrected chi connectivity index (χ4v) is 2.93. The molecule has 0 fully saturated rings. The quantitative estimate of drug-likeness (QED) is 0.433. The first-order valence-electron chi connectivity index (χ1n) is 8.39. The molecule has 0 saturated carbocycles. The van der Waals surface area contributed by atoms with Gasteiger partial charge in [-0.15, -0.1) is 0 Å². The molecule has 3 aromatic carbocycles. The second-order valence-corrected chi connectivity index (χ2v) is 6.67. The average molecular weight is 314 g/mol. The van der Waals surface area contributed by atoms with E-state index in [1.54, 1.807) is 0 Å². The molecular weight excluding hydrogens is 291 g/mol. The number of rotatable bonds is 5. The molecule has 0 aliphatic heterocycles. The molecule has 0 aromatic heterocycles. The molecule has 0 aliphatic rings. The third kappa shape index (κ3) is 4.20. The van der Waals surface area contributed by atoms with Gasteiger partial charge >= 0.3 is 0 Å². The predicted octanol–water partition coefficient (Wildman–Crippen LogP) is 5.55. The molecule has 0 unspecified atom stereocenters. The topological polar surface area (TPSA) is 12.4 Å². The van der Waals surface area contributed by atoms with Gasteiger partial charge < -0.3 is 0 Å². The Hall–Kier alpha value is -2.67. The summed E-state index contributed by atoms with van der Waals surface area (Å²) in [5.41, 5.74) is 4.50. The molecule has 0 saturated heterocycles. The molecule has 3 aromatic rings. The second-order valence-electron chi connectivity index (χ2n) is 6.67. The van der Waals surface area contributed by atoms with Crippen LogP contribution in [0.4, 0.5) is 0 Å². The van der Waals surface area contributed by atoms with Gasteiger partial charge in [0.25, 0.3) is 0 Å². The molecular formula is C23H23N. The van der Waals surface area contributed by atoms with Crippen molar-refractivity contribution in [2.24, 2.45) is 4.99 Å². The van der Waals surface area contributed by atoms with Crippen LogP contribution in [0.2, 0.25) is 0 Å². The zero-order chi connectivity index (χ0) is 16.8.